The van der Waals surface area contributed by atoms with Crippen molar-refractivity contribution < 1.29 is 14.3 Å². The Morgan fingerprint density at radius 1 is 1.05 bits per heavy atom. The van der Waals surface area contributed by atoms with Crippen molar-refractivity contribution in [3.8, 4) is 11.5 Å². The molecule has 0 aromatic heterocycles. The maximum absolute atomic E-state index is 12.5. The van der Waals surface area contributed by atoms with Gasteiger partial charge >= 0.3 is 0 Å². The first-order chi connectivity index (χ1) is 10.2. The van der Waals surface area contributed by atoms with Crippen molar-refractivity contribution in [1.82, 2.24) is 0 Å². The predicted octanol–water partition coefficient (Wildman–Crippen LogP) is 3.84. The Hall–Kier alpha value is -1.82. The summed E-state index contributed by atoms with van der Waals surface area (Å²) in [5, 5.41) is 0. The molecular formula is C17H11IO3. The van der Waals surface area contributed by atoms with Crippen molar-refractivity contribution >= 4 is 34.5 Å². The maximum Gasteiger partial charge on any atom is 0.231 e. The van der Waals surface area contributed by atoms with Crippen molar-refractivity contribution in [3.63, 3.8) is 0 Å². The molecule has 0 saturated carbocycles. The lowest BCUT2D eigenvalue weighted by Crippen LogP contribution is -1.96. The van der Waals surface area contributed by atoms with Crippen LogP contribution >= 0.6 is 22.6 Å². The number of hydrogen-bond donors (Lipinski definition) is 0. The van der Waals surface area contributed by atoms with E-state index in [0.29, 0.717) is 12.2 Å². The monoisotopic (exact) mass is 390 g/mol. The van der Waals surface area contributed by atoms with E-state index in [9.17, 15) is 4.79 Å². The number of ketones is 1. The van der Waals surface area contributed by atoms with Crippen LogP contribution in [0.25, 0.3) is 6.08 Å². The van der Waals surface area contributed by atoms with Gasteiger partial charge < -0.3 is 9.47 Å². The Bertz CT molecular complexity index is 775. The smallest absolute Gasteiger partial charge is 0.231 e. The van der Waals surface area contributed by atoms with Gasteiger partial charge in [-0.05, 0) is 64.1 Å². The molecule has 1 heterocycles. The number of carbonyl (C=O) groups excluding carboxylic acids is 1. The van der Waals surface area contributed by atoms with E-state index >= 15 is 0 Å². The molecule has 0 saturated heterocycles. The fourth-order valence-corrected chi connectivity index (χ4v) is 3.04. The Kier molecular flexibility index (Phi) is 2.99. The third kappa shape index (κ3) is 2.23. The molecule has 1 aliphatic carbocycles. The van der Waals surface area contributed by atoms with Crippen LogP contribution < -0.4 is 9.47 Å². The van der Waals surface area contributed by atoms with Gasteiger partial charge in [0, 0.05) is 21.1 Å². The standard InChI is InChI=1S/C17H11IO3/c18-13-3-1-10(2-4-13)5-12-6-11-7-15-16(21-9-20-15)8-14(11)17(12)19/h1-5,7-8H,6,9H2/b12-5+. The summed E-state index contributed by atoms with van der Waals surface area (Å²) in [5.74, 6) is 1.48. The highest BCUT2D eigenvalue weighted by Crippen LogP contribution is 2.39. The van der Waals surface area contributed by atoms with Crippen LogP contribution in [-0.2, 0) is 6.42 Å². The van der Waals surface area contributed by atoms with Gasteiger partial charge in [0.25, 0.3) is 0 Å². The molecule has 21 heavy (non-hydrogen) atoms. The van der Waals surface area contributed by atoms with E-state index in [1.807, 2.05) is 36.4 Å². The highest BCUT2D eigenvalue weighted by molar-refractivity contribution is 14.1. The SMILES string of the molecule is O=C1/C(=C/c2ccc(I)cc2)Cc2cc3c(cc21)OCO3. The van der Waals surface area contributed by atoms with Crippen LogP contribution in [0, 0.1) is 3.57 Å². The van der Waals surface area contributed by atoms with Gasteiger partial charge in [-0.2, -0.15) is 0 Å². The van der Waals surface area contributed by atoms with Gasteiger partial charge in [-0.15, -0.1) is 0 Å². The van der Waals surface area contributed by atoms with Crippen molar-refractivity contribution in [2.75, 3.05) is 6.79 Å². The number of ether oxygens (including phenoxy) is 2. The summed E-state index contributed by atoms with van der Waals surface area (Å²) in [7, 11) is 0. The van der Waals surface area contributed by atoms with Gasteiger partial charge in [0.1, 0.15) is 0 Å². The van der Waals surface area contributed by atoms with Crippen LogP contribution in [-0.4, -0.2) is 12.6 Å². The minimum absolute atomic E-state index is 0.0850. The third-order valence-corrected chi connectivity index (χ3v) is 4.45. The van der Waals surface area contributed by atoms with Gasteiger partial charge in [0.05, 0.1) is 0 Å². The maximum atomic E-state index is 12.5. The van der Waals surface area contributed by atoms with Gasteiger partial charge in [0.2, 0.25) is 6.79 Å². The molecule has 0 bridgehead atoms. The zero-order valence-corrected chi connectivity index (χ0v) is 13.2. The number of Topliss-reactive ketones (excluding diaryl/α,β-unsaturated/α-hetero) is 1. The lowest BCUT2D eigenvalue weighted by atomic mass is 10.1. The van der Waals surface area contributed by atoms with Crippen LogP contribution in [0.2, 0.25) is 0 Å². The number of carbonyl (C=O) groups is 1. The second-order valence-electron chi connectivity index (χ2n) is 5.09. The molecule has 0 spiro atoms. The second-order valence-corrected chi connectivity index (χ2v) is 6.34. The summed E-state index contributed by atoms with van der Waals surface area (Å²) in [6.45, 7) is 0.234. The van der Waals surface area contributed by atoms with Crippen LogP contribution in [0.15, 0.2) is 42.0 Å². The van der Waals surface area contributed by atoms with Crippen molar-refractivity contribution in [2.24, 2.45) is 0 Å². The normalized spacial score (nSPS) is 17.4. The van der Waals surface area contributed by atoms with E-state index in [-0.39, 0.29) is 12.6 Å². The molecule has 2 aliphatic rings. The molecule has 0 unspecified atom stereocenters. The number of hydrogen-bond acceptors (Lipinski definition) is 3. The van der Waals surface area contributed by atoms with Crippen LogP contribution in [0.3, 0.4) is 0 Å². The molecule has 0 fully saturated rings. The topological polar surface area (TPSA) is 35.5 Å². The molecule has 3 nitrogen and oxygen atoms in total. The molecule has 2 aromatic carbocycles. The molecule has 4 heteroatoms. The fourth-order valence-electron chi connectivity index (χ4n) is 2.68. The average molecular weight is 390 g/mol. The van der Waals surface area contributed by atoms with E-state index in [1.165, 1.54) is 3.57 Å². The zero-order chi connectivity index (χ0) is 14.4. The van der Waals surface area contributed by atoms with E-state index in [1.54, 1.807) is 6.07 Å². The van der Waals surface area contributed by atoms with Gasteiger partial charge in [-0.25, -0.2) is 0 Å². The molecule has 0 amide bonds. The molecule has 0 radical (unpaired) electrons. The summed E-state index contributed by atoms with van der Waals surface area (Å²) in [6.07, 6.45) is 2.61. The lowest BCUT2D eigenvalue weighted by molar-refractivity contribution is 0.104. The average Bonchev–Trinajstić information content (AvgIpc) is 3.05. The molecule has 4 rings (SSSR count). The lowest BCUT2D eigenvalue weighted by Gasteiger charge is -1.99. The van der Waals surface area contributed by atoms with E-state index < -0.39 is 0 Å². The fraction of sp³-hybridized carbons (Fsp3) is 0.118. The van der Waals surface area contributed by atoms with Crippen LogP contribution in [0.5, 0.6) is 11.5 Å². The molecule has 1 aliphatic heterocycles. The first-order valence-electron chi connectivity index (χ1n) is 6.64. The summed E-state index contributed by atoms with van der Waals surface area (Å²) in [5.41, 5.74) is 3.61. The molecule has 0 atom stereocenters. The van der Waals surface area contributed by atoms with Gasteiger partial charge in [-0.1, -0.05) is 12.1 Å². The summed E-state index contributed by atoms with van der Waals surface area (Å²) < 4.78 is 11.9. The molecule has 104 valence electrons. The highest BCUT2D eigenvalue weighted by atomic mass is 127. The van der Waals surface area contributed by atoms with Crippen LogP contribution in [0.1, 0.15) is 21.5 Å². The van der Waals surface area contributed by atoms with Gasteiger partial charge in [-0.3, -0.25) is 4.79 Å². The Morgan fingerprint density at radius 2 is 1.76 bits per heavy atom. The number of benzene rings is 2. The summed E-state index contributed by atoms with van der Waals surface area (Å²) in [6, 6.07) is 11.8. The zero-order valence-electron chi connectivity index (χ0n) is 11.1. The Morgan fingerprint density at radius 3 is 2.52 bits per heavy atom. The van der Waals surface area contributed by atoms with E-state index in [2.05, 4.69) is 22.6 Å². The highest BCUT2D eigenvalue weighted by Gasteiger charge is 2.28. The largest absolute Gasteiger partial charge is 0.454 e. The number of allylic oxidation sites excluding steroid dienone is 1. The predicted molar refractivity (Wildman–Crippen MR) is 87.7 cm³/mol. The Balaban J connectivity index is 1.71. The molecule has 0 N–H and O–H groups in total. The van der Waals surface area contributed by atoms with Crippen molar-refractivity contribution in [1.29, 1.82) is 0 Å². The van der Waals surface area contributed by atoms with E-state index in [4.69, 9.17) is 9.47 Å². The number of fused-ring (bicyclic) bond motifs is 2. The van der Waals surface area contributed by atoms with Gasteiger partial charge in [0.15, 0.2) is 17.3 Å². The first-order valence-corrected chi connectivity index (χ1v) is 7.72. The minimum Gasteiger partial charge on any atom is -0.454 e. The number of halogens is 1. The quantitative estimate of drug-likeness (QED) is 0.549. The molecular weight excluding hydrogens is 379 g/mol. The second kappa shape index (κ2) is 4.87. The first kappa shape index (κ1) is 12.9. The minimum atomic E-state index is 0.0850. The summed E-state index contributed by atoms with van der Waals surface area (Å²) >= 11 is 2.27. The van der Waals surface area contributed by atoms with Crippen molar-refractivity contribution in [2.45, 2.75) is 6.42 Å². The number of rotatable bonds is 1. The summed E-state index contributed by atoms with van der Waals surface area (Å²) in [4.78, 5) is 12.5. The molecule has 2 aromatic rings. The third-order valence-electron chi connectivity index (χ3n) is 3.73. The van der Waals surface area contributed by atoms with Crippen molar-refractivity contribution in [3.05, 3.63) is 62.2 Å². The van der Waals surface area contributed by atoms with E-state index in [0.717, 1.165) is 28.0 Å². The Labute approximate surface area is 135 Å². The van der Waals surface area contributed by atoms with Crippen LogP contribution in [0.4, 0.5) is 0 Å².